The second-order valence-corrected chi connectivity index (χ2v) is 5.05. The highest BCUT2D eigenvalue weighted by Crippen LogP contribution is 2.18. The molecule has 0 radical (unpaired) electrons. The number of furan rings is 1. The van der Waals surface area contributed by atoms with Crippen LogP contribution < -0.4 is 5.66 Å². The Morgan fingerprint density at radius 3 is 2.23 bits per heavy atom. The van der Waals surface area contributed by atoms with Gasteiger partial charge in [-0.2, -0.15) is 0 Å². The molecule has 0 aliphatic carbocycles. The summed E-state index contributed by atoms with van der Waals surface area (Å²) in [5, 5.41) is 0. The van der Waals surface area contributed by atoms with E-state index in [4.69, 9.17) is 13.7 Å². The van der Waals surface area contributed by atoms with Crippen molar-refractivity contribution < 1.29 is 23.3 Å². The second kappa shape index (κ2) is 6.07. The minimum atomic E-state index is -1.15. The number of hydrogen-bond donors (Lipinski definition) is 0. The van der Waals surface area contributed by atoms with Crippen LogP contribution in [0.1, 0.15) is 0 Å². The molecule has 7 heteroatoms. The average Bonchev–Trinajstić information content (AvgIpc) is 2.95. The maximum Gasteiger partial charge on any atom is 0.674 e. The highest BCUT2D eigenvalue weighted by Gasteiger charge is 2.36. The van der Waals surface area contributed by atoms with E-state index in [2.05, 4.69) is 0 Å². The molecule has 0 spiro atoms. The number of carbonyl (C=O) groups is 2. The van der Waals surface area contributed by atoms with Crippen molar-refractivity contribution in [1.82, 2.24) is 4.90 Å². The molecule has 0 atom stereocenters. The molecule has 0 bridgehead atoms. The summed E-state index contributed by atoms with van der Waals surface area (Å²) in [6.07, 6.45) is 0. The number of carbonyl (C=O) groups excluding carboxylic acids is 2. The van der Waals surface area contributed by atoms with Crippen LogP contribution in [-0.2, 0) is 18.9 Å². The molecule has 112 valence electrons. The van der Waals surface area contributed by atoms with Gasteiger partial charge in [-0.1, -0.05) is 30.3 Å². The monoisotopic (exact) mass is 299 g/mol. The van der Waals surface area contributed by atoms with Gasteiger partial charge in [-0.15, -0.1) is 0 Å². The molecule has 1 aliphatic rings. The fourth-order valence-electron chi connectivity index (χ4n) is 2.19. The third-order valence-corrected chi connectivity index (χ3v) is 3.19. The molecule has 0 N–H and O–H groups in total. The van der Waals surface area contributed by atoms with Crippen LogP contribution in [0.4, 0.5) is 0 Å². The summed E-state index contributed by atoms with van der Waals surface area (Å²) in [6, 6.07) is 12.9. The lowest BCUT2D eigenvalue weighted by Crippen LogP contribution is -2.47. The van der Waals surface area contributed by atoms with E-state index >= 15 is 0 Å². The molecule has 6 nitrogen and oxygen atoms in total. The molecule has 1 saturated heterocycles. The van der Waals surface area contributed by atoms with Gasteiger partial charge in [0.2, 0.25) is 0 Å². The van der Waals surface area contributed by atoms with Gasteiger partial charge in [-0.05, 0) is 19.2 Å². The van der Waals surface area contributed by atoms with Crippen LogP contribution in [0, 0.1) is 0 Å². The van der Waals surface area contributed by atoms with Gasteiger partial charge in [-0.25, -0.2) is 0 Å². The number of nitrogens with zero attached hydrogens (tertiary/aromatic N) is 1. The van der Waals surface area contributed by atoms with Crippen LogP contribution in [0.5, 0.6) is 0 Å². The maximum absolute atomic E-state index is 11.7. The summed E-state index contributed by atoms with van der Waals surface area (Å²) < 4.78 is 16.0. The van der Waals surface area contributed by atoms with E-state index < -0.39 is 19.1 Å². The summed E-state index contributed by atoms with van der Waals surface area (Å²) in [7, 11) is 0.495. The summed E-state index contributed by atoms with van der Waals surface area (Å²) >= 11 is 0. The lowest BCUT2D eigenvalue weighted by Gasteiger charge is -2.21. The van der Waals surface area contributed by atoms with E-state index in [0.717, 1.165) is 5.56 Å². The number of rotatable bonds is 2. The summed E-state index contributed by atoms with van der Waals surface area (Å²) in [6.45, 7) is 0.0513. The normalized spacial score (nSPS) is 16.7. The van der Waals surface area contributed by atoms with E-state index in [-0.39, 0.29) is 18.7 Å². The van der Waals surface area contributed by atoms with Gasteiger partial charge in [-0.3, -0.25) is 14.5 Å². The highest BCUT2D eigenvalue weighted by molar-refractivity contribution is 6.63. The van der Waals surface area contributed by atoms with Crippen LogP contribution in [0.25, 0.3) is 11.3 Å². The summed E-state index contributed by atoms with van der Waals surface area (Å²) in [5.41, 5.74) is 1.17. The van der Waals surface area contributed by atoms with Crippen LogP contribution in [0.3, 0.4) is 0 Å². The quantitative estimate of drug-likeness (QED) is 0.759. The molecule has 0 saturated carbocycles. The first-order valence-electron chi connectivity index (χ1n) is 6.84. The van der Waals surface area contributed by atoms with Gasteiger partial charge >= 0.3 is 19.1 Å². The molecule has 1 aromatic carbocycles. The highest BCUT2D eigenvalue weighted by atomic mass is 16.6. The van der Waals surface area contributed by atoms with Crippen LogP contribution >= 0.6 is 0 Å². The van der Waals surface area contributed by atoms with Gasteiger partial charge in [0.25, 0.3) is 0 Å². The molecule has 1 aromatic heterocycles. The number of hydrogen-bond acceptors (Lipinski definition) is 6. The van der Waals surface area contributed by atoms with Crippen molar-refractivity contribution in [3.05, 3.63) is 42.5 Å². The van der Waals surface area contributed by atoms with E-state index in [1.165, 1.54) is 4.90 Å². The molecule has 2 heterocycles. The molecular formula is C15H14BNO5. The van der Waals surface area contributed by atoms with Crippen molar-refractivity contribution in [2.75, 3.05) is 20.1 Å². The van der Waals surface area contributed by atoms with Gasteiger partial charge in [0.05, 0.1) is 13.1 Å². The standard InChI is InChI=1S/C15H14BNO5/c1-17-9-14(18)21-16(22-15(19)10-17)13-8-7-12(20-13)11-5-3-2-4-6-11/h2-8H,9-10H2,1H3. The van der Waals surface area contributed by atoms with Crippen molar-refractivity contribution in [1.29, 1.82) is 0 Å². The average molecular weight is 299 g/mol. The molecule has 0 amide bonds. The van der Waals surface area contributed by atoms with Crippen LogP contribution in [0.2, 0.25) is 0 Å². The minimum Gasteiger partial charge on any atom is -0.492 e. The Morgan fingerprint density at radius 1 is 0.955 bits per heavy atom. The van der Waals surface area contributed by atoms with Gasteiger partial charge in [0.1, 0.15) is 5.76 Å². The van der Waals surface area contributed by atoms with E-state index in [1.54, 1.807) is 19.2 Å². The Bertz CT molecular complexity index is 664. The third kappa shape index (κ3) is 3.20. The molecule has 1 fully saturated rings. The van der Waals surface area contributed by atoms with Crippen molar-refractivity contribution in [2.45, 2.75) is 0 Å². The number of likely N-dealkylation sites (N-methyl/N-ethyl adjacent to an activating group) is 1. The van der Waals surface area contributed by atoms with Gasteiger partial charge < -0.3 is 13.7 Å². The van der Waals surface area contributed by atoms with E-state index in [0.29, 0.717) is 5.76 Å². The lowest BCUT2D eigenvalue weighted by molar-refractivity contribution is -0.145. The van der Waals surface area contributed by atoms with E-state index in [9.17, 15) is 9.59 Å². The van der Waals surface area contributed by atoms with Crippen LogP contribution in [0.15, 0.2) is 46.9 Å². The van der Waals surface area contributed by atoms with Crippen molar-refractivity contribution in [3.8, 4) is 11.3 Å². The zero-order chi connectivity index (χ0) is 15.5. The first-order chi connectivity index (χ1) is 10.6. The summed E-state index contributed by atoms with van der Waals surface area (Å²) in [5.74, 6) is -0.336. The van der Waals surface area contributed by atoms with Gasteiger partial charge in [0, 0.05) is 5.56 Å². The molecule has 2 aromatic rings. The molecule has 1 aliphatic heterocycles. The largest absolute Gasteiger partial charge is 0.674 e. The Kier molecular flexibility index (Phi) is 3.97. The van der Waals surface area contributed by atoms with Gasteiger partial charge in [0.15, 0.2) is 5.66 Å². The first-order valence-corrected chi connectivity index (χ1v) is 6.84. The third-order valence-electron chi connectivity index (χ3n) is 3.19. The maximum atomic E-state index is 11.7. The molecule has 22 heavy (non-hydrogen) atoms. The number of benzene rings is 1. The second-order valence-electron chi connectivity index (χ2n) is 5.05. The van der Waals surface area contributed by atoms with Crippen LogP contribution in [-0.4, -0.2) is 44.1 Å². The Balaban J connectivity index is 1.82. The summed E-state index contributed by atoms with van der Waals surface area (Å²) in [4.78, 5) is 25.0. The first kappa shape index (κ1) is 14.4. The van der Waals surface area contributed by atoms with Crippen molar-refractivity contribution in [3.63, 3.8) is 0 Å². The SMILES string of the molecule is CN1CC(=O)OB(c2ccc(-c3ccccc3)o2)OC(=O)C1. The fraction of sp³-hybridized carbons (Fsp3) is 0.200. The Morgan fingerprint density at radius 2 is 1.59 bits per heavy atom. The molecule has 0 unspecified atom stereocenters. The topological polar surface area (TPSA) is 69.0 Å². The fourth-order valence-corrected chi connectivity index (χ4v) is 2.19. The predicted octanol–water partition coefficient (Wildman–Crippen LogP) is 0.674. The molecular weight excluding hydrogens is 285 g/mol. The van der Waals surface area contributed by atoms with Crippen molar-refractivity contribution in [2.24, 2.45) is 0 Å². The van der Waals surface area contributed by atoms with Crippen molar-refractivity contribution >= 4 is 24.7 Å². The zero-order valence-electron chi connectivity index (χ0n) is 12.0. The molecule has 3 rings (SSSR count). The predicted molar refractivity (Wildman–Crippen MR) is 79.2 cm³/mol. The lowest BCUT2D eigenvalue weighted by atomic mass is 9.85. The zero-order valence-corrected chi connectivity index (χ0v) is 12.0. The Labute approximate surface area is 127 Å². The Hall–Kier alpha value is -2.54. The van der Waals surface area contributed by atoms with E-state index in [1.807, 2.05) is 30.3 Å². The smallest absolute Gasteiger partial charge is 0.492 e. The minimum absolute atomic E-state index is 0.0256.